The highest BCUT2D eigenvalue weighted by Gasteiger charge is 2.20. The Morgan fingerprint density at radius 3 is 2.42 bits per heavy atom. The number of rotatable bonds is 3. The second-order valence-corrected chi connectivity index (χ2v) is 6.50. The molecule has 1 saturated carbocycles. The summed E-state index contributed by atoms with van der Waals surface area (Å²) in [6.07, 6.45) is 8.15. The molecule has 7 heteroatoms. The zero-order valence-electron chi connectivity index (χ0n) is 13.2. The van der Waals surface area contributed by atoms with Gasteiger partial charge in [-0.3, -0.25) is 25.8 Å². The van der Waals surface area contributed by atoms with E-state index in [2.05, 4.69) is 16.2 Å². The standard InChI is InChI=1S/C17H20ClN3O2S/c18-14-9-6-12(7-10-14)8-11-15(22)19-17(24)21-20-16(23)13-4-2-1-3-5-13/h6-11,13H,1-5H2,(H,20,23)(H2,19,21,22,24)/b11-8+. The number of nitrogens with one attached hydrogen (secondary N) is 3. The van der Waals surface area contributed by atoms with Crippen LogP contribution in [0.1, 0.15) is 37.7 Å². The van der Waals surface area contributed by atoms with Crippen LogP contribution in [0.25, 0.3) is 6.08 Å². The second-order valence-electron chi connectivity index (χ2n) is 5.65. The SMILES string of the molecule is O=C(/C=C/c1ccc(Cl)cc1)NC(=S)NNC(=O)C1CCCCC1. The molecule has 0 atom stereocenters. The van der Waals surface area contributed by atoms with Gasteiger partial charge in [0.15, 0.2) is 5.11 Å². The maximum absolute atomic E-state index is 12.0. The van der Waals surface area contributed by atoms with Crippen LogP contribution in [0.5, 0.6) is 0 Å². The molecular weight excluding hydrogens is 346 g/mol. The van der Waals surface area contributed by atoms with Crippen molar-refractivity contribution in [1.82, 2.24) is 16.2 Å². The van der Waals surface area contributed by atoms with E-state index in [0.717, 1.165) is 31.2 Å². The Morgan fingerprint density at radius 1 is 1.08 bits per heavy atom. The molecule has 0 unspecified atom stereocenters. The van der Waals surface area contributed by atoms with Crippen molar-refractivity contribution < 1.29 is 9.59 Å². The van der Waals surface area contributed by atoms with Crippen molar-refractivity contribution in [2.24, 2.45) is 5.92 Å². The Labute approximate surface area is 151 Å². The molecule has 5 nitrogen and oxygen atoms in total. The molecule has 0 saturated heterocycles. The van der Waals surface area contributed by atoms with Gasteiger partial charge in [-0.05, 0) is 48.8 Å². The normalized spacial score (nSPS) is 15.0. The Bertz CT molecular complexity index is 625. The molecule has 3 N–H and O–H groups in total. The molecule has 0 aliphatic heterocycles. The van der Waals surface area contributed by atoms with Crippen LogP contribution in [-0.2, 0) is 9.59 Å². The summed E-state index contributed by atoms with van der Waals surface area (Å²) in [7, 11) is 0. The molecule has 0 radical (unpaired) electrons. The third-order valence-corrected chi connectivity index (χ3v) is 4.27. The maximum Gasteiger partial charge on any atom is 0.250 e. The summed E-state index contributed by atoms with van der Waals surface area (Å²) in [5, 5.41) is 3.17. The van der Waals surface area contributed by atoms with Gasteiger partial charge in [0.05, 0.1) is 0 Å². The van der Waals surface area contributed by atoms with Gasteiger partial charge < -0.3 is 0 Å². The minimum atomic E-state index is -0.380. The summed E-state index contributed by atoms with van der Waals surface area (Å²) in [5.41, 5.74) is 5.97. The fourth-order valence-electron chi connectivity index (χ4n) is 2.52. The summed E-state index contributed by atoms with van der Waals surface area (Å²) >= 11 is 10.8. The molecule has 1 aliphatic carbocycles. The number of hydrogen-bond acceptors (Lipinski definition) is 3. The summed E-state index contributed by atoms with van der Waals surface area (Å²) in [6.45, 7) is 0. The number of hydrogen-bond donors (Lipinski definition) is 3. The van der Waals surface area contributed by atoms with Crippen molar-refractivity contribution in [3.63, 3.8) is 0 Å². The van der Waals surface area contributed by atoms with E-state index in [4.69, 9.17) is 23.8 Å². The first-order valence-corrected chi connectivity index (χ1v) is 8.67. The third-order valence-electron chi connectivity index (χ3n) is 3.81. The van der Waals surface area contributed by atoms with E-state index in [0.29, 0.717) is 5.02 Å². The highest BCUT2D eigenvalue weighted by molar-refractivity contribution is 7.80. The van der Waals surface area contributed by atoms with Crippen LogP contribution in [0.4, 0.5) is 0 Å². The minimum absolute atomic E-state index is 0.0227. The number of carbonyl (C=O) groups excluding carboxylic acids is 2. The molecule has 0 heterocycles. The molecule has 1 fully saturated rings. The van der Waals surface area contributed by atoms with Crippen LogP contribution in [0.2, 0.25) is 5.02 Å². The first kappa shape index (κ1) is 18.4. The van der Waals surface area contributed by atoms with Crippen molar-refractivity contribution in [2.45, 2.75) is 32.1 Å². The monoisotopic (exact) mass is 365 g/mol. The molecule has 128 valence electrons. The van der Waals surface area contributed by atoms with E-state index in [1.54, 1.807) is 30.3 Å². The van der Waals surface area contributed by atoms with Crippen molar-refractivity contribution in [3.05, 3.63) is 40.9 Å². The van der Waals surface area contributed by atoms with Gasteiger partial charge >= 0.3 is 0 Å². The fourth-order valence-corrected chi connectivity index (χ4v) is 2.79. The van der Waals surface area contributed by atoms with E-state index in [-0.39, 0.29) is 22.8 Å². The molecule has 2 amide bonds. The van der Waals surface area contributed by atoms with E-state index < -0.39 is 0 Å². The summed E-state index contributed by atoms with van der Waals surface area (Å²) < 4.78 is 0. The molecular formula is C17H20ClN3O2S. The topological polar surface area (TPSA) is 70.2 Å². The van der Waals surface area contributed by atoms with Crippen LogP contribution < -0.4 is 16.2 Å². The number of hydrazine groups is 1. The average Bonchev–Trinajstić information content (AvgIpc) is 2.60. The van der Waals surface area contributed by atoms with Crippen LogP contribution in [0.3, 0.4) is 0 Å². The van der Waals surface area contributed by atoms with E-state index in [1.807, 2.05) is 0 Å². The molecule has 0 bridgehead atoms. The van der Waals surface area contributed by atoms with Gasteiger partial charge in [0.25, 0.3) is 0 Å². The first-order valence-electron chi connectivity index (χ1n) is 7.89. The van der Waals surface area contributed by atoms with Crippen molar-refractivity contribution >= 4 is 46.8 Å². The van der Waals surface area contributed by atoms with Crippen molar-refractivity contribution in [1.29, 1.82) is 0 Å². The molecule has 1 aromatic carbocycles. The predicted molar refractivity (Wildman–Crippen MR) is 99.1 cm³/mol. The lowest BCUT2D eigenvalue weighted by atomic mass is 9.89. The summed E-state index contributed by atoms with van der Waals surface area (Å²) in [4.78, 5) is 23.7. The van der Waals surface area contributed by atoms with Crippen LogP contribution >= 0.6 is 23.8 Å². The molecule has 1 aromatic rings. The zero-order valence-corrected chi connectivity index (χ0v) is 14.8. The fraction of sp³-hybridized carbons (Fsp3) is 0.353. The van der Waals surface area contributed by atoms with Gasteiger partial charge in [0.2, 0.25) is 11.8 Å². The minimum Gasteiger partial charge on any atom is -0.298 e. The van der Waals surface area contributed by atoms with Gasteiger partial charge in [0, 0.05) is 17.0 Å². The predicted octanol–water partition coefficient (Wildman–Crippen LogP) is 2.96. The Morgan fingerprint density at radius 2 is 1.75 bits per heavy atom. The van der Waals surface area contributed by atoms with Crippen molar-refractivity contribution in [2.75, 3.05) is 0 Å². The van der Waals surface area contributed by atoms with Gasteiger partial charge in [0.1, 0.15) is 0 Å². The van der Waals surface area contributed by atoms with E-state index >= 15 is 0 Å². The van der Waals surface area contributed by atoms with Crippen LogP contribution in [0, 0.1) is 5.92 Å². The van der Waals surface area contributed by atoms with Crippen LogP contribution in [-0.4, -0.2) is 16.9 Å². The lowest BCUT2D eigenvalue weighted by Gasteiger charge is -2.21. The largest absolute Gasteiger partial charge is 0.298 e. The first-order chi connectivity index (χ1) is 11.5. The quantitative estimate of drug-likeness (QED) is 0.437. The molecule has 1 aliphatic rings. The highest BCUT2D eigenvalue weighted by atomic mass is 35.5. The highest BCUT2D eigenvalue weighted by Crippen LogP contribution is 2.23. The molecule has 0 aromatic heterocycles. The Hall–Kier alpha value is -1.92. The lowest BCUT2D eigenvalue weighted by molar-refractivity contribution is -0.126. The molecule has 2 rings (SSSR count). The van der Waals surface area contributed by atoms with Gasteiger partial charge in [-0.2, -0.15) is 0 Å². The number of halogens is 1. The average molecular weight is 366 g/mol. The maximum atomic E-state index is 12.0. The molecule has 24 heavy (non-hydrogen) atoms. The summed E-state index contributed by atoms with van der Waals surface area (Å²) in [6, 6.07) is 7.08. The Kier molecular flexibility index (Phi) is 7.21. The number of amides is 2. The number of thiocarbonyl (C=S) groups is 1. The smallest absolute Gasteiger partial charge is 0.250 e. The summed E-state index contributed by atoms with van der Waals surface area (Å²) in [5.74, 6) is -0.438. The van der Waals surface area contributed by atoms with Gasteiger partial charge in [-0.15, -0.1) is 0 Å². The Balaban J connectivity index is 1.72. The lowest BCUT2D eigenvalue weighted by Crippen LogP contribution is -2.50. The van der Waals surface area contributed by atoms with Gasteiger partial charge in [-0.1, -0.05) is 43.0 Å². The van der Waals surface area contributed by atoms with E-state index in [9.17, 15) is 9.59 Å². The van der Waals surface area contributed by atoms with E-state index in [1.165, 1.54) is 12.5 Å². The second kappa shape index (κ2) is 9.39. The van der Waals surface area contributed by atoms with Crippen molar-refractivity contribution in [3.8, 4) is 0 Å². The van der Waals surface area contributed by atoms with Crippen LogP contribution in [0.15, 0.2) is 30.3 Å². The number of benzene rings is 1. The van der Waals surface area contributed by atoms with Gasteiger partial charge in [-0.25, -0.2) is 0 Å². The number of carbonyl (C=O) groups is 2. The third kappa shape index (κ3) is 6.29. The molecule has 0 spiro atoms. The zero-order chi connectivity index (χ0) is 17.4.